The zero-order valence-electron chi connectivity index (χ0n) is 8.65. The minimum Gasteiger partial charge on any atom is -0.390 e. The number of halogens is 1. The van der Waals surface area contributed by atoms with E-state index in [0.717, 1.165) is 10.9 Å². The van der Waals surface area contributed by atoms with E-state index in [1.165, 1.54) is 0 Å². The fraction of sp³-hybridized carbons (Fsp3) is 0.250. The van der Waals surface area contributed by atoms with Gasteiger partial charge < -0.3 is 9.67 Å². The monoisotopic (exact) mass is 218 g/mol. The Morgan fingerprint density at radius 3 is 2.81 bits per heavy atom. The number of alkyl halides is 1. The van der Waals surface area contributed by atoms with Gasteiger partial charge >= 0.3 is 0 Å². The van der Waals surface area contributed by atoms with Crippen LogP contribution in [0.5, 0.6) is 0 Å². The highest BCUT2D eigenvalue weighted by Gasteiger charge is 2.08. The number of aryl methyl sites for hydroxylation is 1. The SMILES string of the molecule is N#Cc1ccc2cc(CO)n(CCF)c2c1. The van der Waals surface area contributed by atoms with Crippen LogP contribution >= 0.6 is 0 Å². The molecule has 1 aromatic carbocycles. The van der Waals surface area contributed by atoms with Gasteiger partial charge in [-0.2, -0.15) is 5.26 Å². The third-order valence-electron chi connectivity index (χ3n) is 2.59. The van der Waals surface area contributed by atoms with Crippen molar-refractivity contribution in [1.82, 2.24) is 4.57 Å². The number of rotatable bonds is 3. The molecule has 0 bridgehead atoms. The number of hydrogen-bond donors (Lipinski definition) is 1. The minimum absolute atomic E-state index is 0.128. The standard InChI is InChI=1S/C12H11FN2O/c13-3-4-15-11(8-16)6-10-2-1-9(7-14)5-12(10)15/h1-2,5-6,16H,3-4,8H2. The maximum atomic E-state index is 12.4. The molecule has 0 radical (unpaired) electrons. The van der Waals surface area contributed by atoms with Gasteiger partial charge in [0.05, 0.1) is 24.8 Å². The molecule has 4 heteroatoms. The first-order valence-electron chi connectivity index (χ1n) is 4.99. The minimum atomic E-state index is -0.492. The summed E-state index contributed by atoms with van der Waals surface area (Å²) >= 11 is 0. The fourth-order valence-electron chi connectivity index (χ4n) is 1.86. The average molecular weight is 218 g/mol. The molecule has 1 N–H and O–H groups in total. The maximum Gasteiger partial charge on any atom is 0.107 e. The van der Waals surface area contributed by atoms with Gasteiger partial charge in [0.1, 0.15) is 6.67 Å². The molecule has 1 aromatic heterocycles. The van der Waals surface area contributed by atoms with Crippen LogP contribution in [0, 0.1) is 11.3 Å². The van der Waals surface area contributed by atoms with E-state index in [-0.39, 0.29) is 13.2 Å². The van der Waals surface area contributed by atoms with Gasteiger partial charge in [0, 0.05) is 16.6 Å². The first-order valence-corrected chi connectivity index (χ1v) is 4.99. The zero-order valence-corrected chi connectivity index (χ0v) is 8.65. The smallest absolute Gasteiger partial charge is 0.107 e. The highest BCUT2D eigenvalue weighted by Crippen LogP contribution is 2.21. The van der Waals surface area contributed by atoms with Crippen molar-refractivity contribution in [3.8, 4) is 6.07 Å². The second-order valence-electron chi connectivity index (χ2n) is 3.52. The summed E-state index contributed by atoms with van der Waals surface area (Å²) in [6, 6.07) is 9.09. The van der Waals surface area contributed by atoms with Crippen molar-refractivity contribution in [2.45, 2.75) is 13.2 Å². The zero-order chi connectivity index (χ0) is 11.5. The predicted octanol–water partition coefficient (Wildman–Crippen LogP) is 1.97. The lowest BCUT2D eigenvalue weighted by Crippen LogP contribution is -2.04. The van der Waals surface area contributed by atoms with Crippen molar-refractivity contribution >= 4 is 10.9 Å². The largest absolute Gasteiger partial charge is 0.390 e. The Bertz CT molecular complexity index is 554. The molecule has 0 spiro atoms. The second kappa shape index (κ2) is 4.33. The normalized spacial score (nSPS) is 10.6. The van der Waals surface area contributed by atoms with Gasteiger partial charge in [0.15, 0.2) is 0 Å². The van der Waals surface area contributed by atoms with E-state index in [4.69, 9.17) is 10.4 Å². The Morgan fingerprint density at radius 1 is 1.38 bits per heavy atom. The summed E-state index contributed by atoms with van der Waals surface area (Å²) in [5, 5.41) is 18.9. The molecule has 0 unspecified atom stereocenters. The van der Waals surface area contributed by atoms with Crippen molar-refractivity contribution in [3.05, 3.63) is 35.5 Å². The Morgan fingerprint density at radius 2 is 2.19 bits per heavy atom. The Kier molecular flexibility index (Phi) is 2.88. The molecule has 0 atom stereocenters. The van der Waals surface area contributed by atoms with Crippen LogP contribution in [0.3, 0.4) is 0 Å². The number of fused-ring (bicyclic) bond motifs is 1. The molecule has 0 aliphatic rings. The Balaban J connectivity index is 2.66. The number of aliphatic hydroxyl groups excluding tert-OH is 1. The molecule has 0 aliphatic heterocycles. The molecular weight excluding hydrogens is 207 g/mol. The van der Waals surface area contributed by atoms with Gasteiger partial charge in [0.2, 0.25) is 0 Å². The van der Waals surface area contributed by atoms with Gasteiger partial charge in [-0.25, -0.2) is 4.39 Å². The van der Waals surface area contributed by atoms with Crippen LogP contribution in [0.15, 0.2) is 24.3 Å². The van der Waals surface area contributed by atoms with Crippen molar-refractivity contribution < 1.29 is 9.50 Å². The fourth-order valence-corrected chi connectivity index (χ4v) is 1.86. The van der Waals surface area contributed by atoms with Crippen LogP contribution in [0.1, 0.15) is 11.3 Å². The Labute approximate surface area is 92.3 Å². The summed E-state index contributed by atoms with van der Waals surface area (Å²) in [6.45, 7) is -0.418. The van der Waals surface area contributed by atoms with E-state index in [1.54, 1.807) is 16.7 Å². The van der Waals surface area contributed by atoms with Crippen LogP contribution in [0.4, 0.5) is 4.39 Å². The van der Waals surface area contributed by atoms with Gasteiger partial charge in [-0.15, -0.1) is 0 Å². The molecule has 16 heavy (non-hydrogen) atoms. The molecule has 3 nitrogen and oxygen atoms in total. The van der Waals surface area contributed by atoms with Crippen molar-refractivity contribution in [3.63, 3.8) is 0 Å². The summed E-state index contributed by atoms with van der Waals surface area (Å²) in [5.74, 6) is 0. The summed E-state index contributed by atoms with van der Waals surface area (Å²) < 4.78 is 14.1. The maximum absolute atomic E-state index is 12.4. The van der Waals surface area contributed by atoms with E-state index in [1.807, 2.05) is 18.2 Å². The van der Waals surface area contributed by atoms with E-state index in [2.05, 4.69) is 0 Å². The summed E-state index contributed by atoms with van der Waals surface area (Å²) in [7, 11) is 0. The lowest BCUT2D eigenvalue weighted by molar-refractivity contribution is 0.269. The van der Waals surface area contributed by atoms with E-state index < -0.39 is 6.67 Å². The van der Waals surface area contributed by atoms with E-state index in [9.17, 15) is 4.39 Å². The molecule has 0 fully saturated rings. The van der Waals surface area contributed by atoms with Crippen LogP contribution in [0.2, 0.25) is 0 Å². The van der Waals surface area contributed by atoms with Crippen molar-refractivity contribution in [2.24, 2.45) is 0 Å². The Hall–Kier alpha value is -1.86. The molecular formula is C12H11FN2O. The van der Waals surface area contributed by atoms with Gasteiger partial charge in [0.25, 0.3) is 0 Å². The summed E-state index contributed by atoms with van der Waals surface area (Å²) in [5.41, 5.74) is 2.00. The third kappa shape index (κ3) is 1.66. The number of nitriles is 1. The number of nitrogens with zero attached hydrogens (tertiary/aromatic N) is 2. The van der Waals surface area contributed by atoms with Crippen molar-refractivity contribution in [1.29, 1.82) is 5.26 Å². The summed E-state index contributed by atoms with van der Waals surface area (Å²) in [6.07, 6.45) is 0. The molecule has 0 saturated carbocycles. The topological polar surface area (TPSA) is 48.9 Å². The molecule has 2 rings (SSSR count). The van der Waals surface area contributed by atoms with Crippen LogP contribution in [0.25, 0.3) is 10.9 Å². The van der Waals surface area contributed by atoms with E-state index in [0.29, 0.717) is 11.3 Å². The molecule has 0 amide bonds. The predicted molar refractivity (Wildman–Crippen MR) is 58.6 cm³/mol. The number of benzene rings is 1. The van der Waals surface area contributed by atoms with Gasteiger partial charge in [-0.1, -0.05) is 6.07 Å². The van der Waals surface area contributed by atoms with Crippen LogP contribution < -0.4 is 0 Å². The van der Waals surface area contributed by atoms with E-state index >= 15 is 0 Å². The average Bonchev–Trinajstić information content (AvgIpc) is 2.67. The first-order chi connectivity index (χ1) is 7.80. The lowest BCUT2D eigenvalue weighted by atomic mass is 10.2. The lowest BCUT2D eigenvalue weighted by Gasteiger charge is -2.06. The molecule has 82 valence electrons. The van der Waals surface area contributed by atoms with Crippen LogP contribution in [-0.4, -0.2) is 16.3 Å². The quantitative estimate of drug-likeness (QED) is 0.856. The number of aromatic nitrogens is 1. The highest BCUT2D eigenvalue weighted by atomic mass is 19.1. The molecule has 1 heterocycles. The van der Waals surface area contributed by atoms with Gasteiger partial charge in [-0.3, -0.25) is 0 Å². The van der Waals surface area contributed by atoms with Crippen molar-refractivity contribution in [2.75, 3.05) is 6.67 Å². The summed E-state index contributed by atoms with van der Waals surface area (Å²) in [4.78, 5) is 0. The highest BCUT2D eigenvalue weighted by molar-refractivity contribution is 5.82. The molecule has 2 aromatic rings. The third-order valence-corrected chi connectivity index (χ3v) is 2.59. The van der Waals surface area contributed by atoms with Gasteiger partial charge in [-0.05, 0) is 18.2 Å². The second-order valence-corrected chi connectivity index (χ2v) is 3.52. The molecule has 0 saturated heterocycles. The first kappa shape index (κ1) is 10.7. The number of aliphatic hydroxyl groups is 1. The molecule has 0 aliphatic carbocycles. The number of hydrogen-bond acceptors (Lipinski definition) is 2. The van der Waals surface area contributed by atoms with Crippen LogP contribution in [-0.2, 0) is 13.2 Å².